The number of fused-ring (bicyclic) bond motifs is 1. The van der Waals surface area contributed by atoms with Crippen molar-refractivity contribution < 1.29 is 9.59 Å². The summed E-state index contributed by atoms with van der Waals surface area (Å²) in [5.74, 6) is -0.115. The normalized spacial score (nSPS) is 16.6. The first-order valence-electron chi connectivity index (χ1n) is 10.6. The van der Waals surface area contributed by atoms with Gasteiger partial charge in [-0.25, -0.2) is 4.98 Å². The molecule has 6 heteroatoms. The summed E-state index contributed by atoms with van der Waals surface area (Å²) < 4.78 is 1.98. The predicted octanol–water partition coefficient (Wildman–Crippen LogP) is 3.16. The zero-order chi connectivity index (χ0) is 21.1. The number of piperidine rings is 1. The number of likely N-dealkylation sites (tertiary alicyclic amines) is 1. The molecular weight excluding hydrogens is 376 g/mol. The number of aromatic nitrogens is 2. The number of benzene rings is 1. The highest BCUT2D eigenvalue weighted by molar-refractivity contribution is 5.95. The molecule has 1 N–H and O–H groups in total. The van der Waals surface area contributed by atoms with Crippen molar-refractivity contribution in [3.8, 4) is 0 Å². The predicted molar refractivity (Wildman–Crippen MR) is 116 cm³/mol. The van der Waals surface area contributed by atoms with Crippen molar-refractivity contribution in [2.75, 3.05) is 19.6 Å². The Kier molecular flexibility index (Phi) is 5.84. The monoisotopic (exact) mass is 404 g/mol. The van der Waals surface area contributed by atoms with E-state index in [1.165, 1.54) is 0 Å². The van der Waals surface area contributed by atoms with Crippen LogP contribution in [0.3, 0.4) is 0 Å². The number of rotatable bonds is 5. The molecule has 156 valence electrons. The van der Waals surface area contributed by atoms with Crippen LogP contribution in [0.15, 0.2) is 48.8 Å². The number of nitrogens with one attached hydrogen (secondary N) is 1. The lowest BCUT2D eigenvalue weighted by molar-refractivity contribution is -0.126. The highest BCUT2D eigenvalue weighted by Gasteiger charge is 2.28. The minimum Gasteiger partial charge on any atom is -0.355 e. The average molecular weight is 405 g/mol. The molecule has 1 aliphatic rings. The number of nitrogens with zero attached hydrogens (tertiary/aromatic N) is 3. The highest BCUT2D eigenvalue weighted by Crippen LogP contribution is 2.20. The van der Waals surface area contributed by atoms with Gasteiger partial charge in [0, 0.05) is 44.0 Å². The number of hydrogen-bond acceptors (Lipinski definition) is 3. The van der Waals surface area contributed by atoms with Gasteiger partial charge in [0.05, 0.1) is 11.6 Å². The van der Waals surface area contributed by atoms with Crippen molar-refractivity contribution in [2.24, 2.45) is 5.92 Å². The molecule has 1 aromatic carbocycles. The van der Waals surface area contributed by atoms with Crippen LogP contribution < -0.4 is 5.32 Å². The molecule has 1 atom stereocenters. The maximum absolute atomic E-state index is 12.9. The lowest BCUT2D eigenvalue weighted by atomic mass is 9.96. The Labute approximate surface area is 176 Å². The first-order valence-corrected chi connectivity index (χ1v) is 10.6. The fraction of sp³-hybridized carbons (Fsp3) is 0.375. The second-order valence-corrected chi connectivity index (χ2v) is 8.21. The maximum atomic E-state index is 12.9. The first kappa shape index (κ1) is 20.1. The topological polar surface area (TPSA) is 66.7 Å². The summed E-state index contributed by atoms with van der Waals surface area (Å²) >= 11 is 0. The Morgan fingerprint density at radius 2 is 1.97 bits per heavy atom. The van der Waals surface area contributed by atoms with Crippen LogP contribution in [0.5, 0.6) is 0 Å². The van der Waals surface area contributed by atoms with Crippen molar-refractivity contribution in [3.05, 3.63) is 71.2 Å². The maximum Gasteiger partial charge on any atom is 0.253 e. The lowest BCUT2D eigenvalue weighted by Gasteiger charge is -2.32. The third-order valence-corrected chi connectivity index (χ3v) is 5.64. The van der Waals surface area contributed by atoms with Crippen LogP contribution >= 0.6 is 0 Å². The molecule has 0 aliphatic carbocycles. The van der Waals surface area contributed by atoms with Gasteiger partial charge in [-0.15, -0.1) is 0 Å². The van der Waals surface area contributed by atoms with Crippen LogP contribution in [-0.2, 0) is 11.2 Å². The summed E-state index contributed by atoms with van der Waals surface area (Å²) in [5, 5.41) is 3.04. The van der Waals surface area contributed by atoms with Crippen LogP contribution in [0.2, 0.25) is 0 Å². The number of carbonyl (C=O) groups excluding carboxylic acids is 2. The molecule has 3 aromatic rings. The molecule has 0 saturated carbocycles. The van der Waals surface area contributed by atoms with E-state index in [2.05, 4.69) is 16.4 Å². The van der Waals surface area contributed by atoms with E-state index in [1.807, 2.05) is 65.9 Å². The second-order valence-electron chi connectivity index (χ2n) is 8.21. The molecule has 3 heterocycles. The molecule has 0 bridgehead atoms. The molecule has 1 fully saturated rings. The smallest absolute Gasteiger partial charge is 0.253 e. The molecule has 6 nitrogen and oxygen atoms in total. The number of hydrogen-bond donors (Lipinski definition) is 1. The Morgan fingerprint density at radius 1 is 1.17 bits per heavy atom. The lowest BCUT2D eigenvalue weighted by Crippen LogP contribution is -2.45. The molecular formula is C24H28N4O2. The summed E-state index contributed by atoms with van der Waals surface area (Å²) in [7, 11) is 0. The molecule has 1 aliphatic heterocycles. The molecule has 1 saturated heterocycles. The Bertz CT molecular complexity index is 1020. The standard InChI is InChI=1S/C24H28N4O2/c1-17-12-18(2)14-20(13-17)24(30)28-11-5-6-19(15-28)23(29)25-9-8-21-16-27-10-4-3-7-22(27)26-21/h3-4,7,10,12-14,16,19H,5-6,8-9,11,15H2,1-2H3,(H,25,29). The van der Waals surface area contributed by atoms with Crippen LogP contribution in [0, 0.1) is 19.8 Å². The van der Waals surface area contributed by atoms with Crippen molar-refractivity contribution >= 4 is 17.5 Å². The number of aryl methyl sites for hydroxylation is 2. The molecule has 1 unspecified atom stereocenters. The van der Waals surface area contributed by atoms with Crippen LogP contribution in [0.25, 0.3) is 5.65 Å². The zero-order valence-corrected chi connectivity index (χ0v) is 17.6. The largest absolute Gasteiger partial charge is 0.355 e. The van der Waals surface area contributed by atoms with Gasteiger partial charge in [0.25, 0.3) is 5.91 Å². The quantitative estimate of drug-likeness (QED) is 0.710. The van der Waals surface area contributed by atoms with Gasteiger partial charge < -0.3 is 14.6 Å². The second kappa shape index (κ2) is 8.69. The van der Waals surface area contributed by atoms with E-state index in [1.54, 1.807) is 0 Å². The first-order chi connectivity index (χ1) is 14.5. The fourth-order valence-electron chi connectivity index (χ4n) is 4.22. The summed E-state index contributed by atoms with van der Waals surface area (Å²) in [4.78, 5) is 32.0. The van der Waals surface area contributed by atoms with Crippen molar-refractivity contribution in [1.29, 1.82) is 0 Å². The van der Waals surface area contributed by atoms with Crippen molar-refractivity contribution in [3.63, 3.8) is 0 Å². The Hall–Kier alpha value is -3.15. The van der Waals surface area contributed by atoms with E-state index < -0.39 is 0 Å². The van der Waals surface area contributed by atoms with Crippen LogP contribution in [-0.4, -0.2) is 45.7 Å². The molecule has 30 heavy (non-hydrogen) atoms. The summed E-state index contributed by atoms with van der Waals surface area (Å²) in [6.07, 6.45) is 6.31. The Balaban J connectivity index is 1.32. The van der Waals surface area contributed by atoms with Crippen LogP contribution in [0.1, 0.15) is 40.0 Å². The molecule has 2 amide bonds. The van der Waals surface area contributed by atoms with Gasteiger partial charge in [0.15, 0.2) is 0 Å². The number of amides is 2. The molecule has 2 aromatic heterocycles. The SMILES string of the molecule is Cc1cc(C)cc(C(=O)N2CCCC(C(=O)NCCc3cn4ccccc4n3)C2)c1. The van der Waals surface area contributed by atoms with Crippen molar-refractivity contribution in [1.82, 2.24) is 19.6 Å². The molecule has 4 rings (SSSR count). The minimum absolute atomic E-state index is 0.0176. The van der Waals surface area contributed by atoms with E-state index in [0.29, 0.717) is 31.6 Å². The van der Waals surface area contributed by atoms with Gasteiger partial charge in [-0.1, -0.05) is 23.3 Å². The summed E-state index contributed by atoms with van der Waals surface area (Å²) in [5.41, 5.74) is 4.73. The van der Waals surface area contributed by atoms with Gasteiger partial charge in [0.2, 0.25) is 5.91 Å². The summed E-state index contributed by atoms with van der Waals surface area (Å²) in [6, 6.07) is 11.8. The van der Waals surface area contributed by atoms with Gasteiger partial charge in [-0.3, -0.25) is 9.59 Å². The van der Waals surface area contributed by atoms with E-state index in [0.717, 1.165) is 35.3 Å². The van der Waals surface area contributed by atoms with Gasteiger partial charge in [-0.2, -0.15) is 0 Å². The number of pyridine rings is 1. The van der Waals surface area contributed by atoms with Gasteiger partial charge in [-0.05, 0) is 51.0 Å². The van der Waals surface area contributed by atoms with E-state index in [-0.39, 0.29) is 17.7 Å². The Morgan fingerprint density at radius 3 is 2.73 bits per heavy atom. The zero-order valence-electron chi connectivity index (χ0n) is 17.6. The van der Waals surface area contributed by atoms with Gasteiger partial charge in [0.1, 0.15) is 5.65 Å². The highest BCUT2D eigenvalue weighted by atomic mass is 16.2. The van der Waals surface area contributed by atoms with Crippen molar-refractivity contribution in [2.45, 2.75) is 33.1 Å². The number of imidazole rings is 1. The van der Waals surface area contributed by atoms with Crippen LogP contribution in [0.4, 0.5) is 0 Å². The van der Waals surface area contributed by atoms with Gasteiger partial charge >= 0.3 is 0 Å². The third-order valence-electron chi connectivity index (χ3n) is 5.64. The third kappa shape index (κ3) is 4.53. The van der Waals surface area contributed by atoms with E-state index >= 15 is 0 Å². The minimum atomic E-state index is -0.158. The molecule has 0 radical (unpaired) electrons. The number of carbonyl (C=O) groups is 2. The average Bonchev–Trinajstić information content (AvgIpc) is 3.15. The van der Waals surface area contributed by atoms with E-state index in [9.17, 15) is 9.59 Å². The summed E-state index contributed by atoms with van der Waals surface area (Å²) in [6.45, 7) is 5.73. The molecule has 0 spiro atoms. The van der Waals surface area contributed by atoms with E-state index in [4.69, 9.17) is 0 Å². The fourth-order valence-corrected chi connectivity index (χ4v) is 4.22.